The number of nitrogens with one attached hydrogen (secondary N) is 1. The van der Waals surface area contributed by atoms with E-state index in [1.807, 2.05) is 36.4 Å². The summed E-state index contributed by atoms with van der Waals surface area (Å²) in [6.45, 7) is 3.17. The number of fused-ring (bicyclic) bond motifs is 1. The van der Waals surface area contributed by atoms with Crippen molar-refractivity contribution < 1.29 is 24.2 Å². The van der Waals surface area contributed by atoms with Gasteiger partial charge in [-0.2, -0.15) is 0 Å². The zero-order chi connectivity index (χ0) is 29.0. The van der Waals surface area contributed by atoms with Crippen LogP contribution in [-0.4, -0.2) is 52.2 Å². The number of aliphatic hydroxyl groups is 1. The highest BCUT2D eigenvalue weighted by molar-refractivity contribution is 6.03. The molecule has 0 radical (unpaired) electrons. The number of anilines is 1. The summed E-state index contributed by atoms with van der Waals surface area (Å²) >= 11 is 0. The molecule has 2 N–H and O–H groups in total. The molecule has 0 saturated heterocycles. The molecule has 2 aromatic heterocycles. The molecule has 1 aliphatic heterocycles. The van der Waals surface area contributed by atoms with Gasteiger partial charge in [0.25, 0.3) is 11.8 Å². The molecule has 0 unspecified atom stereocenters. The monoisotopic (exact) mass is 548 g/mol. The number of aromatic nitrogens is 2. The van der Waals surface area contributed by atoms with Crippen molar-refractivity contribution >= 4 is 17.5 Å². The maximum Gasteiger partial charge on any atom is 0.270 e. The van der Waals surface area contributed by atoms with Crippen LogP contribution < -0.4 is 19.7 Å². The van der Waals surface area contributed by atoms with Crippen LogP contribution in [0, 0.1) is 11.8 Å². The molecule has 2 aromatic carbocycles. The first-order chi connectivity index (χ1) is 19.7. The number of likely N-dealkylation sites (N-methyl/N-ethyl adjacent to an activating group) is 1. The molecule has 9 nitrogen and oxygen atoms in total. The van der Waals surface area contributed by atoms with Crippen molar-refractivity contribution in [2.45, 2.75) is 25.5 Å². The molecule has 3 heterocycles. The average Bonchev–Trinajstić information content (AvgIpc) is 3.08. The summed E-state index contributed by atoms with van der Waals surface area (Å²) in [4.78, 5) is 36.4. The van der Waals surface area contributed by atoms with Gasteiger partial charge in [-0.1, -0.05) is 36.3 Å². The lowest BCUT2D eigenvalue weighted by atomic mass is 10.1. The second-order valence-corrected chi connectivity index (χ2v) is 9.95. The average molecular weight is 549 g/mol. The third-order valence-electron chi connectivity index (χ3n) is 6.20. The van der Waals surface area contributed by atoms with E-state index in [1.54, 1.807) is 57.4 Å². The Labute approximate surface area is 237 Å². The zero-order valence-corrected chi connectivity index (χ0v) is 22.8. The quantitative estimate of drug-likeness (QED) is 0.359. The first-order valence-corrected chi connectivity index (χ1v) is 12.9. The maximum atomic E-state index is 13.4. The number of pyridine rings is 2. The fourth-order valence-electron chi connectivity index (χ4n) is 4.09. The largest absolute Gasteiger partial charge is 0.489 e. The number of carbonyl (C=O) groups excluding carboxylic acids is 2. The van der Waals surface area contributed by atoms with Gasteiger partial charge in [-0.05, 0) is 61.7 Å². The van der Waals surface area contributed by atoms with Crippen LogP contribution in [0.1, 0.15) is 30.0 Å². The molecule has 9 heteroatoms. The van der Waals surface area contributed by atoms with Crippen LogP contribution in [0.2, 0.25) is 0 Å². The second-order valence-electron chi connectivity index (χ2n) is 9.95. The Hall–Kier alpha value is -5.20. The number of hydrogen-bond acceptors (Lipinski definition) is 7. The fraction of sp³-hybridized carbons (Fsp3) is 0.188. The fourth-order valence-corrected chi connectivity index (χ4v) is 4.09. The smallest absolute Gasteiger partial charge is 0.270 e. The Morgan fingerprint density at radius 3 is 2.56 bits per heavy atom. The second kappa shape index (κ2) is 11.5. The van der Waals surface area contributed by atoms with Crippen molar-refractivity contribution in [1.82, 2.24) is 15.3 Å². The van der Waals surface area contributed by atoms with E-state index >= 15 is 0 Å². The van der Waals surface area contributed by atoms with E-state index in [2.05, 4.69) is 27.1 Å². The van der Waals surface area contributed by atoms with Gasteiger partial charge >= 0.3 is 0 Å². The van der Waals surface area contributed by atoms with Crippen molar-refractivity contribution in [3.63, 3.8) is 0 Å². The summed E-state index contributed by atoms with van der Waals surface area (Å²) < 4.78 is 11.7. The topological polar surface area (TPSA) is 114 Å². The van der Waals surface area contributed by atoms with Gasteiger partial charge in [-0.15, -0.1) is 0 Å². The predicted octanol–water partition coefficient (Wildman–Crippen LogP) is 4.21. The summed E-state index contributed by atoms with van der Waals surface area (Å²) in [5, 5.41) is 12.5. The lowest BCUT2D eigenvalue weighted by molar-refractivity contribution is -0.120. The highest BCUT2D eigenvalue weighted by Gasteiger charge is 2.31. The minimum Gasteiger partial charge on any atom is -0.489 e. The highest BCUT2D eigenvalue weighted by atomic mass is 16.5. The Bertz CT molecular complexity index is 1640. The van der Waals surface area contributed by atoms with Crippen LogP contribution in [0.5, 0.6) is 17.2 Å². The summed E-state index contributed by atoms with van der Waals surface area (Å²) in [7, 11) is 1.64. The molecule has 41 heavy (non-hydrogen) atoms. The van der Waals surface area contributed by atoms with E-state index in [9.17, 15) is 14.7 Å². The molecular weight excluding hydrogens is 520 g/mol. The van der Waals surface area contributed by atoms with E-state index in [0.717, 1.165) is 11.1 Å². The molecular formula is C32H28N4O5. The van der Waals surface area contributed by atoms with Gasteiger partial charge in [0.05, 0.1) is 5.69 Å². The van der Waals surface area contributed by atoms with Crippen molar-refractivity contribution in [3.05, 3.63) is 96.6 Å². The number of ether oxygens (including phenoxy) is 2. The number of para-hydroxylation sites is 1. The van der Waals surface area contributed by atoms with Gasteiger partial charge in [-0.3, -0.25) is 14.6 Å². The maximum absolute atomic E-state index is 13.4. The molecule has 0 spiro atoms. The summed E-state index contributed by atoms with van der Waals surface area (Å²) in [5.41, 5.74) is 1.74. The first-order valence-electron chi connectivity index (χ1n) is 12.9. The van der Waals surface area contributed by atoms with Gasteiger partial charge in [0.2, 0.25) is 0 Å². The number of benzene rings is 2. The van der Waals surface area contributed by atoms with Gasteiger partial charge in [0.15, 0.2) is 0 Å². The third-order valence-corrected chi connectivity index (χ3v) is 6.20. The lowest BCUT2D eigenvalue weighted by Crippen LogP contribution is -2.49. The Morgan fingerprint density at radius 1 is 1.05 bits per heavy atom. The van der Waals surface area contributed by atoms with Crippen LogP contribution in [0.4, 0.5) is 5.69 Å². The van der Waals surface area contributed by atoms with Crippen molar-refractivity contribution in [3.8, 4) is 40.2 Å². The molecule has 0 saturated carbocycles. The first kappa shape index (κ1) is 27.4. The van der Waals surface area contributed by atoms with Crippen molar-refractivity contribution in [2.75, 3.05) is 18.6 Å². The number of nitrogens with zero attached hydrogens (tertiary/aromatic N) is 3. The normalized spacial score (nSPS) is 14.6. The van der Waals surface area contributed by atoms with Crippen LogP contribution in [-0.2, 0) is 4.79 Å². The minimum atomic E-state index is -1.11. The number of carbonyl (C=O) groups is 2. The zero-order valence-electron chi connectivity index (χ0n) is 22.8. The predicted molar refractivity (Wildman–Crippen MR) is 154 cm³/mol. The molecule has 2 amide bonds. The van der Waals surface area contributed by atoms with Crippen LogP contribution in [0.25, 0.3) is 11.1 Å². The van der Waals surface area contributed by atoms with Gasteiger partial charge in [0.1, 0.15) is 46.9 Å². The molecule has 5 rings (SSSR count). The van der Waals surface area contributed by atoms with E-state index in [1.165, 1.54) is 17.2 Å². The van der Waals surface area contributed by atoms with Crippen LogP contribution in [0.3, 0.4) is 0 Å². The number of hydrogen-bond donors (Lipinski definition) is 2. The summed E-state index contributed by atoms with van der Waals surface area (Å²) in [5.74, 6) is 6.32. The standard InChI is InChI=1S/C32H28N4O5/c1-32(2,39)15-13-23-11-9-22(19-34-23)21-10-12-29-28(17-21)36(3)31(38)27(20-40-29)35-30(37)26-18-25(14-16-33-26)41-24-7-5-4-6-8-24/h4-12,14,16-19,27,39H,20H2,1-3H3,(H,35,37)/t27-/m1/s1. The highest BCUT2D eigenvalue weighted by Crippen LogP contribution is 2.35. The minimum absolute atomic E-state index is 0.0441. The SMILES string of the molecule is CN1C(=O)[C@H](NC(=O)c2cc(Oc3ccccc3)ccn2)COc2ccc(-c3ccc(C#CC(C)(C)O)nc3)cc21. The Kier molecular flexibility index (Phi) is 7.68. The molecule has 4 aromatic rings. The Balaban J connectivity index is 1.29. The van der Waals surface area contributed by atoms with Gasteiger partial charge < -0.3 is 24.8 Å². The van der Waals surface area contributed by atoms with Crippen LogP contribution in [0.15, 0.2) is 85.2 Å². The number of amides is 2. The summed E-state index contributed by atoms with van der Waals surface area (Å²) in [6, 6.07) is 20.6. The lowest BCUT2D eigenvalue weighted by Gasteiger charge is -2.21. The van der Waals surface area contributed by atoms with Gasteiger partial charge in [-0.25, -0.2) is 4.98 Å². The molecule has 1 aliphatic rings. The van der Waals surface area contributed by atoms with Crippen molar-refractivity contribution in [1.29, 1.82) is 0 Å². The molecule has 0 fully saturated rings. The van der Waals surface area contributed by atoms with Crippen molar-refractivity contribution in [2.24, 2.45) is 0 Å². The van der Waals surface area contributed by atoms with E-state index in [0.29, 0.717) is 28.6 Å². The van der Waals surface area contributed by atoms with E-state index in [-0.39, 0.29) is 18.2 Å². The van der Waals surface area contributed by atoms with Crippen LogP contribution >= 0.6 is 0 Å². The van der Waals surface area contributed by atoms with E-state index in [4.69, 9.17) is 9.47 Å². The summed E-state index contributed by atoms with van der Waals surface area (Å²) in [6.07, 6.45) is 3.16. The third kappa shape index (κ3) is 6.69. The number of rotatable bonds is 5. The van der Waals surface area contributed by atoms with E-state index < -0.39 is 17.6 Å². The van der Waals surface area contributed by atoms with Gasteiger partial charge in [0, 0.05) is 31.1 Å². The molecule has 1 atom stereocenters. The Morgan fingerprint density at radius 2 is 1.83 bits per heavy atom. The molecule has 0 bridgehead atoms. The molecule has 0 aliphatic carbocycles. The molecule has 206 valence electrons.